The first-order valence-corrected chi connectivity index (χ1v) is 8.77. The summed E-state index contributed by atoms with van der Waals surface area (Å²) in [4.78, 5) is 11.6. The highest BCUT2D eigenvalue weighted by atomic mass is 16.4. The third-order valence-corrected chi connectivity index (χ3v) is 4.93. The maximum Gasteiger partial charge on any atom is 0.321 e. The van der Waals surface area contributed by atoms with E-state index in [0.717, 1.165) is 24.8 Å². The van der Waals surface area contributed by atoms with Crippen LogP contribution in [0.2, 0.25) is 0 Å². The van der Waals surface area contributed by atoms with Crippen molar-refractivity contribution >= 4 is 5.97 Å². The predicted molar refractivity (Wildman–Crippen MR) is 96.0 cm³/mol. The summed E-state index contributed by atoms with van der Waals surface area (Å²) in [5.74, 6) is -0.110. The third kappa shape index (κ3) is 4.68. The first-order valence-electron chi connectivity index (χ1n) is 8.77. The molecule has 0 aliphatic heterocycles. The average molecular weight is 323 g/mol. The highest BCUT2D eigenvalue weighted by molar-refractivity contribution is 5.74. The minimum atomic E-state index is -0.759. The van der Waals surface area contributed by atoms with E-state index in [0.29, 0.717) is 18.4 Å². The molecule has 3 rings (SSSR count). The zero-order chi connectivity index (χ0) is 16.8. The Morgan fingerprint density at radius 3 is 2.25 bits per heavy atom. The van der Waals surface area contributed by atoms with Crippen molar-refractivity contribution in [2.75, 3.05) is 0 Å². The fourth-order valence-electron chi connectivity index (χ4n) is 3.71. The lowest BCUT2D eigenvalue weighted by molar-refractivity contribution is -0.139. The number of hydrogen-bond acceptors (Lipinski definition) is 2. The molecule has 3 heteroatoms. The van der Waals surface area contributed by atoms with Gasteiger partial charge in [-0.2, -0.15) is 0 Å². The van der Waals surface area contributed by atoms with E-state index in [-0.39, 0.29) is 0 Å². The number of hydrogen-bond donors (Lipinski definition) is 2. The molecule has 2 aromatic rings. The van der Waals surface area contributed by atoms with Crippen LogP contribution in [0.3, 0.4) is 0 Å². The molecule has 0 heterocycles. The second kappa shape index (κ2) is 8.11. The van der Waals surface area contributed by atoms with E-state index in [1.807, 2.05) is 36.4 Å². The Kier molecular flexibility index (Phi) is 5.65. The molecule has 24 heavy (non-hydrogen) atoms. The quantitative estimate of drug-likeness (QED) is 0.817. The van der Waals surface area contributed by atoms with Crippen LogP contribution in [0, 0.1) is 5.92 Å². The molecule has 2 aromatic carbocycles. The van der Waals surface area contributed by atoms with Crippen molar-refractivity contribution < 1.29 is 9.90 Å². The smallest absolute Gasteiger partial charge is 0.321 e. The van der Waals surface area contributed by atoms with Gasteiger partial charge in [0.1, 0.15) is 6.04 Å². The zero-order valence-electron chi connectivity index (χ0n) is 13.9. The normalized spacial score (nSPS) is 21.5. The summed E-state index contributed by atoms with van der Waals surface area (Å²) in [6.07, 6.45) is 4.93. The van der Waals surface area contributed by atoms with Gasteiger partial charge in [0.25, 0.3) is 0 Å². The van der Waals surface area contributed by atoms with Crippen LogP contribution in [-0.2, 0) is 17.6 Å². The number of carbonyl (C=O) groups is 1. The topological polar surface area (TPSA) is 49.3 Å². The van der Waals surface area contributed by atoms with Crippen LogP contribution in [0.1, 0.15) is 30.4 Å². The Morgan fingerprint density at radius 1 is 1.00 bits per heavy atom. The number of carboxylic acids is 1. The van der Waals surface area contributed by atoms with Gasteiger partial charge in [-0.1, -0.05) is 60.7 Å². The summed E-state index contributed by atoms with van der Waals surface area (Å²) in [6.45, 7) is 0. The number of aliphatic carboxylic acids is 1. The van der Waals surface area contributed by atoms with Crippen LogP contribution in [-0.4, -0.2) is 23.2 Å². The van der Waals surface area contributed by atoms with E-state index in [9.17, 15) is 9.90 Å². The van der Waals surface area contributed by atoms with E-state index < -0.39 is 12.0 Å². The van der Waals surface area contributed by atoms with Crippen LogP contribution in [0.4, 0.5) is 0 Å². The summed E-state index contributed by atoms with van der Waals surface area (Å²) < 4.78 is 0. The molecule has 3 nitrogen and oxygen atoms in total. The van der Waals surface area contributed by atoms with Crippen molar-refractivity contribution in [3.05, 3.63) is 71.8 Å². The molecule has 1 fully saturated rings. The van der Waals surface area contributed by atoms with E-state index in [1.54, 1.807) is 0 Å². The fourth-order valence-corrected chi connectivity index (χ4v) is 3.71. The standard InChI is InChI=1S/C21H25NO2/c23-21(24)20(15-17-9-5-2-6-10-17)22-19-12-11-18(14-19)13-16-7-3-1-4-8-16/h1-10,18-20,22H,11-15H2,(H,23,24)/t18?,19?,20-/m1/s1. The van der Waals surface area contributed by atoms with Crippen LogP contribution in [0.15, 0.2) is 60.7 Å². The van der Waals surface area contributed by atoms with Crippen LogP contribution >= 0.6 is 0 Å². The molecule has 0 amide bonds. The van der Waals surface area contributed by atoms with Gasteiger partial charge in [0.05, 0.1) is 0 Å². The lowest BCUT2D eigenvalue weighted by atomic mass is 9.97. The van der Waals surface area contributed by atoms with Crippen molar-refractivity contribution in [3.63, 3.8) is 0 Å². The van der Waals surface area contributed by atoms with Gasteiger partial charge >= 0.3 is 5.97 Å². The van der Waals surface area contributed by atoms with Crippen molar-refractivity contribution in [2.45, 2.75) is 44.2 Å². The Bertz CT molecular complexity index is 641. The molecular formula is C21H25NO2. The molecule has 0 bridgehead atoms. The van der Waals surface area contributed by atoms with Gasteiger partial charge in [0.2, 0.25) is 0 Å². The average Bonchev–Trinajstić information content (AvgIpc) is 3.03. The van der Waals surface area contributed by atoms with Crippen molar-refractivity contribution in [3.8, 4) is 0 Å². The molecule has 0 spiro atoms. The molecule has 0 aromatic heterocycles. The second-order valence-corrected chi connectivity index (χ2v) is 6.81. The van der Waals surface area contributed by atoms with E-state index in [4.69, 9.17) is 0 Å². The van der Waals surface area contributed by atoms with Crippen LogP contribution in [0.25, 0.3) is 0 Å². The largest absolute Gasteiger partial charge is 0.480 e. The fraction of sp³-hybridized carbons (Fsp3) is 0.381. The van der Waals surface area contributed by atoms with Crippen molar-refractivity contribution in [2.24, 2.45) is 5.92 Å². The summed E-state index contributed by atoms with van der Waals surface area (Å²) >= 11 is 0. The molecule has 1 aliphatic carbocycles. The van der Waals surface area contributed by atoms with Crippen LogP contribution < -0.4 is 5.32 Å². The maximum absolute atomic E-state index is 11.6. The minimum absolute atomic E-state index is 0.309. The predicted octanol–water partition coefficient (Wildman–Crippen LogP) is 3.68. The highest BCUT2D eigenvalue weighted by Crippen LogP contribution is 2.29. The van der Waals surface area contributed by atoms with Crippen LogP contribution in [0.5, 0.6) is 0 Å². The second-order valence-electron chi connectivity index (χ2n) is 6.81. The third-order valence-electron chi connectivity index (χ3n) is 4.93. The highest BCUT2D eigenvalue weighted by Gasteiger charge is 2.28. The summed E-state index contributed by atoms with van der Waals surface area (Å²) in [5.41, 5.74) is 2.44. The molecule has 2 unspecified atom stereocenters. The Balaban J connectivity index is 1.53. The maximum atomic E-state index is 11.6. The zero-order valence-corrected chi connectivity index (χ0v) is 13.9. The van der Waals surface area contributed by atoms with E-state index in [1.165, 1.54) is 12.0 Å². The van der Waals surface area contributed by atoms with Gasteiger partial charge in [0.15, 0.2) is 0 Å². The SMILES string of the molecule is O=C(O)[C@@H](Cc1ccccc1)NC1CCC(Cc2ccccc2)C1. The molecule has 3 atom stereocenters. The summed E-state index contributed by atoms with van der Waals surface area (Å²) in [7, 11) is 0. The van der Waals surface area contributed by atoms with Crippen molar-refractivity contribution in [1.29, 1.82) is 0 Å². The number of benzene rings is 2. The number of rotatable bonds is 7. The first kappa shape index (κ1) is 16.7. The van der Waals surface area contributed by atoms with Gasteiger partial charge in [-0.05, 0) is 49.1 Å². The first-order chi connectivity index (χ1) is 11.7. The Labute approximate surface area is 143 Å². The van der Waals surface area contributed by atoms with E-state index >= 15 is 0 Å². The molecule has 0 saturated heterocycles. The van der Waals surface area contributed by atoms with Gasteiger partial charge in [0, 0.05) is 6.04 Å². The lowest BCUT2D eigenvalue weighted by Gasteiger charge is -2.20. The van der Waals surface area contributed by atoms with E-state index in [2.05, 4.69) is 29.6 Å². The summed E-state index contributed by atoms with van der Waals surface area (Å²) in [6, 6.07) is 20.2. The van der Waals surface area contributed by atoms with Crippen molar-refractivity contribution in [1.82, 2.24) is 5.32 Å². The van der Waals surface area contributed by atoms with Gasteiger partial charge in [-0.3, -0.25) is 4.79 Å². The molecule has 1 aliphatic rings. The number of carboxylic acid groups (broad SMARTS) is 1. The van der Waals surface area contributed by atoms with Gasteiger partial charge in [-0.25, -0.2) is 0 Å². The Hall–Kier alpha value is -2.13. The lowest BCUT2D eigenvalue weighted by Crippen LogP contribution is -2.43. The Morgan fingerprint density at radius 2 is 1.62 bits per heavy atom. The molecular weight excluding hydrogens is 298 g/mol. The molecule has 126 valence electrons. The minimum Gasteiger partial charge on any atom is -0.480 e. The van der Waals surface area contributed by atoms with Gasteiger partial charge < -0.3 is 10.4 Å². The molecule has 0 radical (unpaired) electrons. The molecule has 2 N–H and O–H groups in total. The molecule has 1 saturated carbocycles. The monoisotopic (exact) mass is 323 g/mol. The number of nitrogens with one attached hydrogen (secondary N) is 1. The summed E-state index contributed by atoms with van der Waals surface area (Å²) in [5, 5.41) is 12.9. The van der Waals surface area contributed by atoms with Gasteiger partial charge in [-0.15, -0.1) is 0 Å².